The van der Waals surface area contributed by atoms with Gasteiger partial charge in [0.15, 0.2) is 0 Å². The van der Waals surface area contributed by atoms with Crippen molar-refractivity contribution in [3.8, 4) is 11.5 Å². The van der Waals surface area contributed by atoms with Crippen molar-refractivity contribution in [1.29, 1.82) is 0 Å². The normalized spacial score (nSPS) is 9.62. The summed E-state index contributed by atoms with van der Waals surface area (Å²) >= 11 is 14.1. The fraction of sp³-hybridized carbons (Fsp3) is 0.333. The van der Waals surface area contributed by atoms with Gasteiger partial charge < -0.3 is 19.3 Å². The number of halogens is 3. The van der Waals surface area contributed by atoms with E-state index in [2.05, 4.69) is 29.1 Å². The van der Waals surface area contributed by atoms with Crippen molar-refractivity contribution in [2.24, 2.45) is 0 Å². The van der Waals surface area contributed by atoms with Gasteiger partial charge in [-0.3, -0.25) is 20.2 Å². The lowest BCUT2D eigenvalue weighted by Gasteiger charge is -2.10. The van der Waals surface area contributed by atoms with E-state index in [1.165, 1.54) is 30.3 Å². The lowest BCUT2D eigenvalue weighted by Crippen LogP contribution is -2.03. The number of ether oxygens (including phenoxy) is 3. The second-order valence-corrected chi connectivity index (χ2v) is 7.98. The molecule has 2 rings (SSSR count). The van der Waals surface area contributed by atoms with Gasteiger partial charge >= 0.3 is 0 Å². The Balaban J connectivity index is 0.000000619. The number of rotatable bonds is 14. The molecule has 0 saturated carbocycles. The fourth-order valence-electron chi connectivity index (χ4n) is 2.43. The summed E-state index contributed by atoms with van der Waals surface area (Å²) in [5.74, 6) is 1.64. The van der Waals surface area contributed by atoms with Gasteiger partial charge in [-0.2, -0.15) is 0 Å². The number of aliphatic hydroxyl groups is 1. The maximum atomic E-state index is 10.7. The molecule has 0 radical (unpaired) electrons. The van der Waals surface area contributed by atoms with Crippen LogP contribution in [0.4, 0.5) is 11.4 Å². The van der Waals surface area contributed by atoms with E-state index in [0.29, 0.717) is 54.2 Å². The van der Waals surface area contributed by atoms with Crippen molar-refractivity contribution >= 4 is 50.5 Å². The highest BCUT2D eigenvalue weighted by atomic mass is 79.9. The largest absolute Gasteiger partial charge is 0.492 e. The highest BCUT2D eigenvalue weighted by Crippen LogP contribution is 2.25. The average molecular weight is 624 g/mol. The molecule has 204 valence electrons. The minimum atomic E-state index is -0.523. The van der Waals surface area contributed by atoms with Crippen molar-refractivity contribution < 1.29 is 29.2 Å². The van der Waals surface area contributed by atoms with E-state index >= 15 is 0 Å². The van der Waals surface area contributed by atoms with E-state index in [-0.39, 0.29) is 24.6 Å². The Hall–Kier alpha value is -2.70. The number of hydrogen-bond acceptors (Lipinski definition) is 8. The Labute approximate surface area is 233 Å². The Morgan fingerprint density at radius 2 is 1.35 bits per heavy atom. The molecule has 10 nitrogen and oxygen atoms in total. The van der Waals surface area contributed by atoms with Gasteiger partial charge in [0, 0.05) is 40.7 Å². The summed E-state index contributed by atoms with van der Waals surface area (Å²) < 4.78 is 15.9. The van der Waals surface area contributed by atoms with Crippen LogP contribution in [0.3, 0.4) is 0 Å². The summed E-state index contributed by atoms with van der Waals surface area (Å²) in [5, 5.41) is 31.0. The fourth-order valence-corrected chi connectivity index (χ4v) is 2.58. The molecule has 1 N–H and O–H groups in total. The van der Waals surface area contributed by atoms with Crippen molar-refractivity contribution in [3.05, 3.63) is 93.1 Å². The summed E-state index contributed by atoms with van der Waals surface area (Å²) in [4.78, 5) is 20.2. The van der Waals surface area contributed by atoms with Gasteiger partial charge in [0.1, 0.15) is 24.7 Å². The highest BCUT2D eigenvalue weighted by molar-refractivity contribution is 9.09. The third-order valence-electron chi connectivity index (χ3n) is 3.95. The third kappa shape index (κ3) is 14.6. The molecular weight excluding hydrogens is 595 g/mol. The predicted octanol–water partition coefficient (Wildman–Crippen LogP) is 6.19. The zero-order chi connectivity index (χ0) is 28.1. The number of non-ortho nitro benzene ring substituents is 2. The van der Waals surface area contributed by atoms with Crippen LogP contribution < -0.4 is 9.47 Å². The summed E-state index contributed by atoms with van der Waals surface area (Å²) in [6, 6.07) is 8.44. The molecule has 0 aromatic heterocycles. The first kappa shape index (κ1) is 34.3. The monoisotopic (exact) mass is 622 g/mol. The first-order valence-electron chi connectivity index (χ1n) is 10.7. The van der Waals surface area contributed by atoms with E-state index in [1.54, 1.807) is 18.2 Å². The van der Waals surface area contributed by atoms with Crippen LogP contribution in [0.2, 0.25) is 0 Å². The van der Waals surface area contributed by atoms with Crippen LogP contribution in [0.25, 0.3) is 0 Å². The lowest BCUT2D eigenvalue weighted by molar-refractivity contribution is -0.385. The molecule has 0 unspecified atom stereocenters. The summed E-state index contributed by atoms with van der Waals surface area (Å²) in [7, 11) is 0. The number of allylic oxidation sites excluding steroid dienone is 1. The number of nitro groups is 2. The molecule has 0 amide bonds. The van der Waals surface area contributed by atoms with Crippen molar-refractivity contribution in [1.82, 2.24) is 0 Å². The van der Waals surface area contributed by atoms with Crippen LogP contribution in [-0.2, 0) is 18.0 Å². The maximum absolute atomic E-state index is 10.7. The van der Waals surface area contributed by atoms with Gasteiger partial charge in [0.05, 0.1) is 41.4 Å². The third-order valence-corrected chi connectivity index (χ3v) is 4.72. The zero-order valence-electron chi connectivity index (χ0n) is 20.0. The number of aliphatic hydroxyl groups excluding tert-OH is 1. The molecule has 0 bridgehead atoms. The minimum absolute atomic E-state index is 0.00502. The smallest absolute Gasteiger partial charge is 0.270 e. The van der Waals surface area contributed by atoms with E-state index in [1.807, 2.05) is 0 Å². The molecule has 0 aliphatic heterocycles. The summed E-state index contributed by atoms with van der Waals surface area (Å²) in [6.45, 7) is 7.89. The quantitative estimate of drug-likeness (QED) is 0.0866. The Morgan fingerprint density at radius 3 is 1.73 bits per heavy atom. The SMILES string of the molecule is C=CCBr.C=CCOCc1cc([N+](=O)[O-])ccc1OCCCl.O=[N+]([O-])c1ccc(OCCCl)c(CO)c1. The number of nitrogens with zero attached hydrogens (tertiary/aromatic N) is 2. The first-order chi connectivity index (χ1) is 17.8. The molecule has 0 aliphatic rings. The molecule has 0 fully saturated rings. The van der Waals surface area contributed by atoms with E-state index in [4.69, 9.17) is 42.5 Å². The Bertz CT molecular complexity index is 995. The van der Waals surface area contributed by atoms with Crippen LogP contribution in [0.5, 0.6) is 11.5 Å². The van der Waals surface area contributed by atoms with Gasteiger partial charge in [-0.15, -0.1) is 36.4 Å². The van der Waals surface area contributed by atoms with Gasteiger partial charge in [0.2, 0.25) is 0 Å². The molecule has 0 heterocycles. The van der Waals surface area contributed by atoms with Gasteiger partial charge in [0.25, 0.3) is 11.4 Å². The van der Waals surface area contributed by atoms with Gasteiger partial charge in [-0.25, -0.2) is 0 Å². The van der Waals surface area contributed by atoms with Gasteiger partial charge in [-0.05, 0) is 12.1 Å². The van der Waals surface area contributed by atoms with Crippen LogP contribution in [-0.4, -0.2) is 51.9 Å². The average Bonchev–Trinajstić information content (AvgIpc) is 2.91. The molecule has 37 heavy (non-hydrogen) atoms. The van der Waals surface area contributed by atoms with Crippen LogP contribution in [0, 0.1) is 20.2 Å². The van der Waals surface area contributed by atoms with Crippen LogP contribution in [0.1, 0.15) is 11.1 Å². The Morgan fingerprint density at radius 1 is 0.892 bits per heavy atom. The lowest BCUT2D eigenvalue weighted by atomic mass is 10.2. The highest BCUT2D eigenvalue weighted by Gasteiger charge is 2.12. The molecule has 0 aliphatic carbocycles. The predicted molar refractivity (Wildman–Crippen MR) is 148 cm³/mol. The standard InChI is InChI=1S/C12H14ClNO4.C9H10ClNO4.C3H5Br/c1-2-6-17-9-10-8-11(14(15)16)3-4-12(10)18-7-5-13;10-3-4-15-9-2-1-8(11(13)14)5-7(9)6-12;1-2-3-4/h2-4,8H,1,5-7,9H2;1-2,5,12H,3-4,6H2;2H,1,3H2. The number of hydrogen-bond donors (Lipinski definition) is 1. The second-order valence-electron chi connectivity index (χ2n) is 6.58. The number of benzene rings is 2. The maximum Gasteiger partial charge on any atom is 0.270 e. The van der Waals surface area contributed by atoms with Gasteiger partial charge in [-0.1, -0.05) is 28.1 Å². The zero-order valence-corrected chi connectivity index (χ0v) is 23.1. The number of alkyl halides is 3. The van der Waals surface area contributed by atoms with E-state index in [0.717, 1.165) is 5.33 Å². The first-order valence-corrected chi connectivity index (χ1v) is 12.9. The number of nitro benzene ring substituents is 2. The minimum Gasteiger partial charge on any atom is -0.492 e. The van der Waals surface area contributed by atoms with Crippen molar-refractivity contribution in [2.75, 3.05) is 36.9 Å². The van der Waals surface area contributed by atoms with Crippen LogP contribution >= 0.6 is 39.1 Å². The van der Waals surface area contributed by atoms with E-state index in [9.17, 15) is 20.2 Å². The molecule has 0 saturated heterocycles. The molecular formula is C24H29BrCl2N2O8. The van der Waals surface area contributed by atoms with E-state index < -0.39 is 9.85 Å². The van der Waals surface area contributed by atoms with Crippen molar-refractivity contribution in [3.63, 3.8) is 0 Å². The molecule has 13 heteroatoms. The summed E-state index contributed by atoms with van der Waals surface area (Å²) in [6.07, 6.45) is 3.40. The Kier molecular flexibility index (Phi) is 19.8. The van der Waals surface area contributed by atoms with Crippen LogP contribution in [0.15, 0.2) is 61.7 Å². The molecule has 2 aromatic carbocycles. The molecule has 0 spiro atoms. The topological polar surface area (TPSA) is 134 Å². The second kappa shape index (κ2) is 21.4. The molecule has 0 atom stereocenters. The summed E-state index contributed by atoms with van der Waals surface area (Å²) in [5.41, 5.74) is 0.938. The molecule has 2 aromatic rings. The van der Waals surface area contributed by atoms with Crippen molar-refractivity contribution in [2.45, 2.75) is 13.2 Å².